The first-order chi connectivity index (χ1) is 21.5. The van der Waals surface area contributed by atoms with Crippen molar-refractivity contribution in [1.82, 2.24) is 29.2 Å². The fourth-order valence-electron chi connectivity index (χ4n) is 6.69. The van der Waals surface area contributed by atoms with E-state index in [9.17, 15) is 4.79 Å². The molecule has 0 unspecified atom stereocenters. The van der Waals surface area contributed by atoms with Crippen LogP contribution in [0.5, 0.6) is 5.88 Å². The molecule has 44 heavy (non-hydrogen) atoms. The molecule has 11 nitrogen and oxygen atoms in total. The summed E-state index contributed by atoms with van der Waals surface area (Å²) in [4.78, 5) is 32.3. The van der Waals surface area contributed by atoms with Gasteiger partial charge in [-0.3, -0.25) is 4.79 Å². The number of nitrogens with one attached hydrogen (secondary N) is 1. The lowest BCUT2D eigenvalue weighted by atomic mass is 9.71. The maximum Gasteiger partial charge on any atom is 0.278 e. The van der Waals surface area contributed by atoms with Crippen LogP contribution < -0.4 is 20.5 Å². The minimum atomic E-state index is -0.211. The molecule has 1 atom stereocenters. The number of hydrogen-bond donors (Lipinski definition) is 1. The zero-order valence-corrected chi connectivity index (χ0v) is 25.3. The first kappa shape index (κ1) is 28.5. The minimum absolute atomic E-state index is 0.0373. The van der Waals surface area contributed by atoms with Crippen molar-refractivity contribution in [2.75, 3.05) is 56.7 Å². The van der Waals surface area contributed by atoms with Crippen molar-refractivity contribution >= 4 is 28.4 Å². The predicted octanol–water partition coefficient (Wildman–Crippen LogP) is 4.39. The van der Waals surface area contributed by atoms with Crippen LogP contribution in [0, 0.1) is 5.41 Å². The van der Waals surface area contributed by atoms with E-state index >= 15 is 0 Å². The maximum absolute atomic E-state index is 13.4. The van der Waals surface area contributed by atoms with Gasteiger partial charge in [-0.1, -0.05) is 12.1 Å². The number of likely N-dealkylation sites (tertiary alicyclic amines) is 1. The first-order valence-electron chi connectivity index (χ1n) is 15.6. The van der Waals surface area contributed by atoms with Crippen molar-refractivity contribution in [3.8, 4) is 11.7 Å². The van der Waals surface area contributed by atoms with Gasteiger partial charge in [-0.25, -0.2) is 14.3 Å². The first-order valence-corrected chi connectivity index (χ1v) is 15.6. The van der Waals surface area contributed by atoms with Crippen molar-refractivity contribution in [3.63, 3.8) is 0 Å². The predicted molar refractivity (Wildman–Crippen MR) is 171 cm³/mol. The molecule has 1 N–H and O–H groups in total. The fourth-order valence-corrected chi connectivity index (χ4v) is 6.69. The molecule has 0 aliphatic carbocycles. The largest absolute Gasteiger partial charge is 0.472 e. The lowest BCUT2D eigenvalue weighted by molar-refractivity contribution is 0.0945. The third kappa shape index (κ3) is 5.69. The standard InChI is InChI=1S/C33H40N8O3/c1-3-16-40-31(42)27-22-34-32(37-30(27)41(40)28-5-4-6-29(36-28)44-26-11-21-43-23-26)35-24-7-9-25(10-8-24)39-19-14-33(15-20-39)12-17-38(2)18-13-33/h3-10,22,26H,1,11-21,23H2,2H3,(H,34,35,37)/t26-/m0/s1. The number of benzene rings is 1. The van der Waals surface area contributed by atoms with E-state index in [0.717, 1.165) is 25.2 Å². The van der Waals surface area contributed by atoms with Crippen LogP contribution in [0.15, 0.2) is 66.1 Å². The Kier molecular flexibility index (Phi) is 7.82. The summed E-state index contributed by atoms with van der Waals surface area (Å²) in [5, 5.41) is 3.73. The second kappa shape index (κ2) is 12.0. The Morgan fingerprint density at radius 2 is 1.84 bits per heavy atom. The molecule has 0 radical (unpaired) electrons. The quantitative estimate of drug-likeness (QED) is 0.297. The summed E-state index contributed by atoms with van der Waals surface area (Å²) in [6.45, 7) is 9.99. The Labute approximate surface area is 257 Å². The van der Waals surface area contributed by atoms with Gasteiger partial charge in [0, 0.05) is 43.1 Å². The Hall–Kier alpha value is -4.22. The molecule has 3 fully saturated rings. The number of nitrogens with zero attached hydrogens (tertiary/aromatic N) is 7. The van der Waals surface area contributed by atoms with Gasteiger partial charge < -0.3 is 24.6 Å². The molecule has 1 aromatic carbocycles. The Morgan fingerprint density at radius 1 is 1.07 bits per heavy atom. The summed E-state index contributed by atoms with van der Waals surface area (Å²) in [6, 6.07) is 14.0. The van der Waals surface area contributed by atoms with E-state index in [4.69, 9.17) is 19.4 Å². The van der Waals surface area contributed by atoms with Gasteiger partial charge in [-0.15, -0.1) is 6.58 Å². The van der Waals surface area contributed by atoms with E-state index in [-0.39, 0.29) is 18.2 Å². The topological polar surface area (TPSA) is 103 Å². The third-order valence-electron chi connectivity index (χ3n) is 9.44. The molecule has 11 heteroatoms. The number of ether oxygens (including phenoxy) is 2. The number of aromatic nitrogens is 5. The highest BCUT2D eigenvalue weighted by Crippen LogP contribution is 2.42. The number of piperidine rings is 2. The van der Waals surface area contributed by atoms with Gasteiger partial charge in [0.15, 0.2) is 11.5 Å². The molecule has 3 aliphatic heterocycles. The van der Waals surface area contributed by atoms with E-state index in [2.05, 4.69) is 58.0 Å². The summed E-state index contributed by atoms with van der Waals surface area (Å²) in [5.74, 6) is 1.39. The van der Waals surface area contributed by atoms with E-state index in [1.165, 1.54) is 44.5 Å². The average molecular weight is 597 g/mol. The summed E-state index contributed by atoms with van der Waals surface area (Å²) in [7, 11) is 2.23. The van der Waals surface area contributed by atoms with E-state index < -0.39 is 0 Å². The van der Waals surface area contributed by atoms with Crippen LogP contribution in [0.1, 0.15) is 32.1 Å². The molecule has 230 valence electrons. The smallest absolute Gasteiger partial charge is 0.278 e. The maximum atomic E-state index is 13.4. The highest BCUT2D eigenvalue weighted by atomic mass is 16.5. The SMILES string of the molecule is C=CCn1c(=O)c2cnc(Nc3ccc(N4CCC5(CCN(C)CC5)CC4)cc3)nc2n1-c1cccc(O[C@H]2CCOC2)n1. The number of pyridine rings is 1. The minimum Gasteiger partial charge on any atom is -0.472 e. The Balaban J connectivity index is 1.11. The van der Waals surface area contributed by atoms with Crippen LogP contribution >= 0.6 is 0 Å². The lowest BCUT2D eigenvalue weighted by Gasteiger charge is -2.46. The van der Waals surface area contributed by atoms with Gasteiger partial charge in [0.2, 0.25) is 11.8 Å². The van der Waals surface area contributed by atoms with E-state index in [0.29, 0.717) is 47.3 Å². The zero-order chi connectivity index (χ0) is 30.1. The summed E-state index contributed by atoms with van der Waals surface area (Å²) in [5.41, 5.74) is 2.89. The normalized spacial score (nSPS) is 20.3. The number of allylic oxidation sites excluding steroid dienone is 1. The van der Waals surface area contributed by atoms with Crippen LogP contribution in [0.2, 0.25) is 0 Å². The number of rotatable bonds is 8. The molecule has 4 aromatic rings. The molecule has 0 bridgehead atoms. The highest BCUT2D eigenvalue weighted by molar-refractivity contribution is 5.77. The number of anilines is 3. The monoisotopic (exact) mass is 596 g/mol. The number of hydrogen-bond acceptors (Lipinski definition) is 9. The van der Waals surface area contributed by atoms with Gasteiger partial charge in [0.05, 0.1) is 19.8 Å². The van der Waals surface area contributed by atoms with Crippen molar-refractivity contribution in [2.45, 2.75) is 44.8 Å². The van der Waals surface area contributed by atoms with Crippen molar-refractivity contribution in [1.29, 1.82) is 0 Å². The molecule has 3 aliphatic rings. The molecular formula is C33H40N8O3. The van der Waals surface area contributed by atoms with Crippen LogP contribution in [-0.2, 0) is 11.3 Å². The van der Waals surface area contributed by atoms with Crippen LogP contribution in [-0.4, -0.2) is 81.8 Å². The van der Waals surface area contributed by atoms with Crippen LogP contribution in [0.3, 0.4) is 0 Å². The van der Waals surface area contributed by atoms with Crippen molar-refractivity contribution in [2.24, 2.45) is 5.41 Å². The molecule has 0 amide bonds. The summed E-state index contributed by atoms with van der Waals surface area (Å²) in [6.07, 6.45) is 9.20. The fraction of sp³-hybridized carbons (Fsp3) is 0.455. The van der Waals surface area contributed by atoms with Gasteiger partial charge in [0.1, 0.15) is 11.5 Å². The third-order valence-corrected chi connectivity index (χ3v) is 9.44. The van der Waals surface area contributed by atoms with Gasteiger partial charge >= 0.3 is 0 Å². The zero-order valence-electron chi connectivity index (χ0n) is 25.3. The van der Waals surface area contributed by atoms with Crippen molar-refractivity contribution < 1.29 is 9.47 Å². The van der Waals surface area contributed by atoms with Gasteiger partial charge in [-0.2, -0.15) is 9.97 Å². The van der Waals surface area contributed by atoms with Crippen LogP contribution in [0.25, 0.3) is 16.9 Å². The molecule has 7 rings (SSSR count). The lowest BCUT2D eigenvalue weighted by Crippen LogP contribution is -2.46. The molecule has 1 spiro atoms. The van der Waals surface area contributed by atoms with E-state index in [1.807, 2.05) is 18.2 Å². The van der Waals surface area contributed by atoms with E-state index in [1.54, 1.807) is 21.6 Å². The molecule has 3 aromatic heterocycles. The Bertz CT molecular complexity index is 1670. The summed E-state index contributed by atoms with van der Waals surface area (Å²) >= 11 is 0. The molecule has 3 saturated heterocycles. The van der Waals surface area contributed by atoms with Crippen molar-refractivity contribution in [3.05, 3.63) is 71.7 Å². The number of fused-ring (bicyclic) bond motifs is 1. The molecule has 0 saturated carbocycles. The van der Waals surface area contributed by atoms with Gasteiger partial charge in [0.25, 0.3) is 5.56 Å². The highest BCUT2D eigenvalue weighted by Gasteiger charge is 2.36. The molecular weight excluding hydrogens is 556 g/mol. The van der Waals surface area contributed by atoms with Crippen LogP contribution in [0.4, 0.5) is 17.3 Å². The molecule has 6 heterocycles. The van der Waals surface area contributed by atoms with Gasteiger partial charge in [-0.05, 0) is 81.6 Å². The second-order valence-electron chi connectivity index (χ2n) is 12.3. The summed E-state index contributed by atoms with van der Waals surface area (Å²) < 4.78 is 14.7. The second-order valence-corrected chi connectivity index (χ2v) is 12.3. The Morgan fingerprint density at radius 3 is 2.57 bits per heavy atom. The average Bonchev–Trinajstić information content (AvgIpc) is 3.65.